The maximum atomic E-state index is 15.8. The summed E-state index contributed by atoms with van der Waals surface area (Å²) in [4.78, 5) is 20.6. The standard InChI is InChI=1S/C54H44N4O2Si/c1-54(2,3)37-30-31-55-50(32-37)56-44-23-13-12-20-42(44)43-28-26-38(33-46(43)56)60-39-27-29-48-47(34-39)58-52-45(24-15-25-49(52)61(48,4)5)57(53(58)59)51-40(35-16-8-6-9-17-35)21-14-22-41(51)36-18-10-7-11-19-36/h6-34H,1-5H3/i6D,7D,8D,9D,10D,11D,16D,17D,18D,19D. The minimum atomic E-state index is -2.64. The fourth-order valence-electron chi connectivity index (χ4n) is 8.98. The van der Waals surface area contributed by atoms with Crippen LogP contribution in [0.25, 0.3) is 72.3 Å². The van der Waals surface area contributed by atoms with Crippen LogP contribution in [0.15, 0.2) is 181 Å². The lowest BCUT2D eigenvalue weighted by atomic mass is 9.88. The Hall–Kier alpha value is -7.22. The number of pyridine rings is 1. The van der Waals surface area contributed by atoms with Gasteiger partial charge in [-0.1, -0.05) is 149 Å². The van der Waals surface area contributed by atoms with E-state index in [1.54, 1.807) is 10.6 Å². The second kappa shape index (κ2) is 13.7. The number of hydrogen-bond acceptors (Lipinski definition) is 3. The SMILES string of the molecule is [2H]c1c([2H])c([2H])c(-c2cccc(-c3c([2H])c([2H])c([2H])c([2H])c3[2H])c2-n2c(=O)n3c4c(cccc42)[Si](C)(C)c2ccc(Oc4ccc5c6ccccc6n(-c6cc(C(C)(C)C)ccn6)c5c4)cc2-3)c([2H])c1[2H]. The van der Waals surface area contributed by atoms with Crippen molar-refractivity contribution < 1.29 is 18.4 Å². The van der Waals surface area contributed by atoms with Gasteiger partial charge in [0.25, 0.3) is 0 Å². The average molecular weight is 819 g/mol. The van der Waals surface area contributed by atoms with E-state index in [0.717, 1.165) is 43.6 Å². The van der Waals surface area contributed by atoms with Crippen LogP contribution in [0.1, 0.15) is 40.0 Å². The van der Waals surface area contributed by atoms with Crippen LogP contribution in [-0.4, -0.2) is 26.8 Å². The minimum absolute atomic E-state index is 0.0167. The quantitative estimate of drug-likeness (QED) is 0.157. The molecule has 0 bridgehead atoms. The lowest BCUT2D eigenvalue weighted by Gasteiger charge is -2.32. The van der Waals surface area contributed by atoms with Crippen LogP contribution in [-0.2, 0) is 5.41 Å². The highest BCUT2D eigenvalue weighted by Crippen LogP contribution is 2.39. The Morgan fingerprint density at radius 1 is 0.607 bits per heavy atom. The topological polar surface area (TPSA) is 54.0 Å². The van der Waals surface area contributed by atoms with E-state index in [1.165, 1.54) is 22.8 Å². The van der Waals surface area contributed by atoms with Crippen LogP contribution in [0.5, 0.6) is 11.5 Å². The monoisotopic (exact) mass is 818 g/mol. The van der Waals surface area contributed by atoms with Crippen molar-refractivity contribution in [1.82, 2.24) is 18.7 Å². The molecule has 0 saturated heterocycles. The van der Waals surface area contributed by atoms with Gasteiger partial charge in [0.1, 0.15) is 25.4 Å². The lowest BCUT2D eigenvalue weighted by molar-refractivity contribution is 0.483. The number of nitrogens with zero attached hydrogens (tertiary/aromatic N) is 4. The average Bonchev–Trinajstić information content (AvgIpc) is 3.84. The highest BCUT2D eigenvalue weighted by molar-refractivity contribution is 7.02. The van der Waals surface area contributed by atoms with Gasteiger partial charge in [-0.2, -0.15) is 0 Å². The predicted molar refractivity (Wildman–Crippen MR) is 254 cm³/mol. The highest BCUT2D eigenvalue weighted by Gasteiger charge is 2.38. The third-order valence-corrected chi connectivity index (χ3v) is 15.5. The Labute approximate surface area is 369 Å². The van der Waals surface area contributed by atoms with Gasteiger partial charge >= 0.3 is 5.69 Å². The number of benzene rings is 7. The van der Waals surface area contributed by atoms with Crippen molar-refractivity contribution in [2.45, 2.75) is 39.3 Å². The molecule has 0 atom stereocenters. The number of fused-ring (bicyclic) bond motifs is 5. The zero-order valence-corrected chi connectivity index (χ0v) is 35.1. The molecule has 0 N–H and O–H groups in total. The van der Waals surface area contributed by atoms with Gasteiger partial charge in [-0.05, 0) is 74.9 Å². The molecule has 4 heterocycles. The molecule has 61 heavy (non-hydrogen) atoms. The minimum Gasteiger partial charge on any atom is -0.457 e. The molecule has 7 aromatic carbocycles. The van der Waals surface area contributed by atoms with E-state index >= 15 is 4.79 Å². The third-order valence-electron chi connectivity index (χ3n) is 11.9. The van der Waals surface area contributed by atoms with Gasteiger partial charge in [-0.25, -0.2) is 9.78 Å². The number of imidazole rings is 1. The summed E-state index contributed by atoms with van der Waals surface area (Å²) in [5, 5.41) is 3.95. The first-order valence-electron chi connectivity index (χ1n) is 25.1. The summed E-state index contributed by atoms with van der Waals surface area (Å²) in [6.07, 6.45) is 1.84. The van der Waals surface area contributed by atoms with Gasteiger partial charge in [0.15, 0.2) is 0 Å². The normalized spacial score (nSPS) is 15.5. The van der Waals surface area contributed by atoms with Crippen LogP contribution in [0.2, 0.25) is 13.1 Å². The van der Waals surface area contributed by atoms with Gasteiger partial charge in [0, 0.05) is 40.2 Å². The number of para-hydroxylation sites is 3. The number of hydrogen-bond donors (Lipinski definition) is 0. The molecule has 10 aromatic rings. The van der Waals surface area contributed by atoms with Gasteiger partial charge in [-0.15, -0.1) is 0 Å². The Morgan fingerprint density at radius 2 is 1.25 bits per heavy atom. The van der Waals surface area contributed by atoms with E-state index in [1.807, 2.05) is 72.9 Å². The molecular formula is C54H44N4O2Si. The third kappa shape index (κ3) is 5.75. The molecule has 0 amide bonds. The predicted octanol–water partition coefficient (Wildman–Crippen LogP) is 11.8. The molecule has 0 aliphatic carbocycles. The van der Waals surface area contributed by atoms with Crippen molar-refractivity contribution in [2.24, 2.45) is 0 Å². The molecule has 296 valence electrons. The van der Waals surface area contributed by atoms with E-state index in [-0.39, 0.29) is 33.4 Å². The zero-order chi connectivity index (χ0) is 50.3. The van der Waals surface area contributed by atoms with Crippen LogP contribution < -0.4 is 20.8 Å². The van der Waals surface area contributed by atoms with Crippen LogP contribution in [0.3, 0.4) is 0 Å². The molecule has 6 nitrogen and oxygen atoms in total. The van der Waals surface area contributed by atoms with Gasteiger partial charge in [-0.3, -0.25) is 13.7 Å². The van der Waals surface area contributed by atoms with Crippen LogP contribution in [0, 0.1) is 0 Å². The largest absolute Gasteiger partial charge is 0.457 e. The summed E-state index contributed by atoms with van der Waals surface area (Å²) in [6.45, 7) is 10.9. The molecule has 0 spiro atoms. The highest BCUT2D eigenvalue weighted by atomic mass is 28.3. The molecule has 0 radical (unpaired) electrons. The second-order valence-corrected chi connectivity index (χ2v) is 21.2. The second-order valence-electron chi connectivity index (χ2n) is 16.9. The number of rotatable bonds is 6. The van der Waals surface area contributed by atoms with E-state index in [4.69, 9.17) is 23.4 Å². The Bertz CT molecular complexity index is 3890. The molecule has 0 unspecified atom stereocenters. The summed E-state index contributed by atoms with van der Waals surface area (Å²) < 4.78 is 99.4. The first kappa shape index (κ1) is 27.5. The fourth-order valence-corrected chi connectivity index (χ4v) is 11.9. The molecule has 7 heteroatoms. The molecule has 1 aliphatic rings. The van der Waals surface area contributed by atoms with Gasteiger partial charge < -0.3 is 4.74 Å². The first-order chi connectivity index (χ1) is 33.7. The van der Waals surface area contributed by atoms with Crippen molar-refractivity contribution >= 4 is 51.3 Å². The summed E-state index contributed by atoms with van der Waals surface area (Å²) in [7, 11) is -2.64. The van der Waals surface area contributed by atoms with Crippen LogP contribution in [0.4, 0.5) is 0 Å². The van der Waals surface area contributed by atoms with Gasteiger partial charge in [0.05, 0.1) is 47.1 Å². The zero-order valence-electron chi connectivity index (χ0n) is 44.1. The molecule has 0 fully saturated rings. The van der Waals surface area contributed by atoms with Crippen molar-refractivity contribution in [3.63, 3.8) is 0 Å². The van der Waals surface area contributed by atoms with Crippen molar-refractivity contribution in [1.29, 1.82) is 0 Å². The fraction of sp³-hybridized carbons (Fsp3) is 0.111. The smallest absolute Gasteiger partial charge is 0.338 e. The first-order valence-corrected chi connectivity index (χ1v) is 23.1. The number of ether oxygens (including phenoxy) is 1. The van der Waals surface area contributed by atoms with Gasteiger partial charge in [0.2, 0.25) is 0 Å². The maximum absolute atomic E-state index is 15.8. The van der Waals surface area contributed by atoms with E-state index in [9.17, 15) is 0 Å². The summed E-state index contributed by atoms with van der Waals surface area (Å²) in [5.41, 5.74) is 3.47. The molecule has 11 rings (SSSR count). The lowest BCUT2D eigenvalue weighted by Crippen LogP contribution is -2.57. The van der Waals surface area contributed by atoms with Crippen molar-refractivity contribution in [3.05, 3.63) is 192 Å². The molecule has 1 aliphatic heterocycles. The van der Waals surface area contributed by atoms with E-state index in [0.29, 0.717) is 28.2 Å². The Balaban J connectivity index is 1.15. The van der Waals surface area contributed by atoms with Crippen molar-refractivity contribution in [2.75, 3.05) is 0 Å². The Kier molecular flexibility index (Phi) is 6.16. The Morgan fingerprint density at radius 3 is 1.97 bits per heavy atom. The molecule has 3 aromatic heterocycles. The summed E-state index contributed by atoms with van der Waals surface area (Å²) >= 11 is 0. The van der Waals surface area contributed by atoms with Crippen LogP contribution >= 0.6 is 0 Å². The molecule has 0 saturated carbocycles. The van der Waals surface area contributed by atoms with Crippen molar-refractivity contribution in [3.8, 4) is 50.9 Å². The maximum Gasteiger partial charge on any atom is 0.338 e. The van der Waals surface area contributed by atoms with E-state index in [2.05, 4.69) is 56.6 Å². The summed E-state index contributed by atoms with van der Waals surface area (Å²) in [6, 6.07) is 28.5. The molecular weight excluding hydrogens is 765 g/mol. The summed E-state index contributed by atoms with van der Waals surface area (Å²) in [5.74, 6) is 1.78. The van der Waals surface area contributed by atoms with E-state index < -0.39 is 74.2 Å². The number of aromatic nitrogens is 4.